The van der Waals surface area contributed by atoms with Gasteiger partial charge < -0.3 is 15.5 Å². The molecular weight excluding hydrogens is 416 g/mol. The van der Waals surface area contributed by atoms with Crippen LogP contribution in [-0.2, 0) is 0 Å². The van der Waals surface area contributed by atoms with E-state index in [0.29, 0.717) is 6.04 Å². The number of amides is 1. The van der Waals surface area contributed by atoms with E-state index in [4.69, 9.17) is 11.6 Å². The Morgan fingerprint density at radius 2 is 1.76 bits per heavy atom. The van der Waals surface area contributed by atoms with E-state index in [1.165, 1.54) is 18.2 Å². The Kier molecular flexibility index (Phi) is 8.05. The summed E-state index contributed by atoms with van der Waals surface area (Å²) in [7, 11) is 3.90. The van der Waals surface area contributed by atoms with E-state index in [0.717, 1.165) is 43.1 Å². The first-order chi connectivity index (χ1) is 13.3. The van der Waals surface area contributed by atoms with E-state index in [-0.39, 0.29) is 34.9 Å². The van der Waals surface area contributed by atoms with Crippen molar-refractivity contribution in [3.05, 3.63) is 46.5 Å². The van der Waals surface area contributed by atoms with Crippen LogP contribution in [0.15, 0.2) is 24.3 Å². The SMILES string of the molecule is Cc1nc(N[C@H]2CC[C@@H](NC(=O)c3cc(F)cc(Cl)c3)CC2)cc(N(C)C)n1.Cl. The van der Waals surface area contributed by atoms with Gasteiger partial charge >= 0.3 is 0 Å². The average Bonchev–Trinajstić information content (AvgIpc) is 2.62. The first kappa shape index (κ1) is 23.2. The molecule has 0 unspecified atom stereocenters. The molecule has 3 rings (SSSR count). The molecule has 2 aromatic rings. The van der Waals surface area contributed by atoms with Crippen LogP contribution in [0.25, 0.3) is 0 Å². The highest BCUT2D eigenvalue weighted by atomic mass is 35.5. The van der Waals surface area contributed by atoms with E-state index in [1.807, 2.05) is 32.0 Å². The molecule has 0 bridgehead atoms. The Balaban J connectivity index is 0.00000300. The van der Waals surface area contributed by atoms with Crippen molar-refractivity contribution in [2.45, 2.75) is 44.7 Å². The molecule has 6 nitrogen and oxygen atoms in total. The number of aromatic nitrogens is 2. The Bertz CT molecular complexity index is 837. The van der Waals surface area contributed by atoms with Crippen LogP contribution in [0, 0.1) is 12.7 Å². The molecule has 1 heterocycles. The fourth-order valence-corrected chi connectivity index (χ4v) is 3.62. The van der Waals surface area contributed by atoms with E-state index < -0.39 is 5.82 Å². The minimum atomic E-state index is -0.511. The summed E-state index contributed by atoms with van der Waals surface area (Å²) in [6.45, 7) is 1.88. The maximum atomic E-state index is 13.4. The molecule has 1 aliphatic rings. The number of anilines is 2. The second kappa shape index (κ2) is 10.1. The van der Waals surface area contributed by atoms with Gasteiger partial charge in [-0.15, -0.1) is 12.4 Å². The van der Waals surface area contributed by atoms with Crippen LogP contribution in [0.3, 0.4) is 0 Å². The molecule has 2 N–H and O–H groups in total. The second-order valence-electron chi connectivity index (χ2n) is 7.38. The zero-order valence-corrected chi connectivity index (χ0v) is 18.3. The average molecular weight is 442 g/mol. The van der Waals surface area contributed by atoms with Crippen LogP contribution in [0.1, 0.15) is 41.9 Å². The maximum Gasteiger partial charge on any atom is 0.251 e. The Labute approximate surface area is 181 Å². The Hall–Kier alpha value is -2.12. The van der Waals surface area contributed by atoms with Crippen LogP contribution >= 0.6 is 24.0 Å². The largest absolute Gasteiger partial charge is 0.367 e. The predicted molar refractivity (Wildman–Crippen MR) is 117 cm³/mol. The molecule has 1 aromatic carbocycles. The lowest BCUT2D eigenvalue weighted by molar-refractivity contribution is 0.0926. The number of carbonyl (C=O) groups is 1. The van der Waals surface area contributed by atoms with Crippen molar-refractivity contribution in [3.8, 4) is 0 Å². The van der Waals surface area contributed by atoms with Gasteiger partial charge in [0.2, 0.25) is 0 Å². The maximum absolute atomic E-state index is 13.4. The number of nitrogens with zero attached hydrogens (tertiary/aromatic N) is 3. The summed E-state index contributed by atoms with van der Waals surface area (Å²) in [5.74, 6) is 1.61. The summed E-state index contributed by atoms with van der Waals surface area (Å²) in [6.07, 6.45) is 3.51. The molecule has 1 fully saturated rings. The number of hydrogen-bond acceptors (Lipinski definition) is 5. The molecular formula is C20H26Cl2FN5O. The number of hydrogen-bond donors (Lipinski definition) is 2. The van der Waals surface area contributed by atoms with Crippen molar-refractivity contribution in [2.75, 3.05) is 24.3 Å². The van der Waals surface area contributed by atoms with Gasteiger partial charge in [-0.25, -0.2) is 14.4 Å². The summed E-state index contributed by atoms with van der Waals surface area (Å²) in [5.41, 5.74) is 0.248. The standard InChI is InChI=1S/C20H25ClFN5O.ClH/c1-12-23-18(11-19(24-12)27(2)3)25-16-4-6-17(7-5-16)26-20(28)13-8-14(21)10-15(22)9-13;/h8-11,16-17H,4-7H2,1-3H3,(H,26,28)(H,23,24,25);1H/t16-,17+;. The Morgan fingerprint density at radius 1 is 1.10 bits per heavy atom. The first-order valence-electron chi connectivity index (χ1n) is 9.36. The lowest BCUT2D eigenvalue weighted by atomic mass is 9.91. The van der Waals surface area contributed by atoms with E-state index in [1.54, 1.807) is 0 Å². The van der Waals surface area contributed by atoms with E-state index in [9.17, 15) is 9.18 Å². The fourth-order valence-electron chi connectivity index (χ4n) is 3.40. The first-order valence-corrected chi connectivity index (χ1v) is 9.74. The molecule has 9 heteroatoms. The molecule has 0 saturated heterocycles. The van der Waals surface area contributed by atoms with E-state index in [2.05, 4.69) is 20.6 Å². The van der Waals surface area contributed by atoms with Crippen molar-refractivity contribution in [1.82, 2.24) is 15.3 Å². The summed E-state index contributed by atoms with van der Waals surface area (Å²) < 4.78 is 13.4. The lowest BCUT2D eigenvalue weighted by Crippen LogP contribution is -2.40. The van der Waals surface area contributed by atoms with Gasteiger partial charge in [-0.1, -0.05) is 11.6 Å². The lowest BCUT2D eigenvalue weighted by Gasteiger charge is -2.30. The topological polar surface area (TPSA) is 70.2 Å². The molecule has 1 saturated carbocycles. The number of rotatable bonds is 5. The van der Waals surface area contributed by atoms with Gasteiger partial charge in [-0.05, 0) is 50.8 Å². The van der Waals surface area contributed by atoms with Gasteiger partial charge in [0.25, 0.3) is 5.91 Å². The zero-order valence-electron chi connectivity index (χ0n) is 16.7. The number of carbonyl (C=O) groups excluding carboxylic acids is 1. The third-order valence-corrected chi connectivity index (χ3v) is 5.04. The zero-order chi connectivity index (χ0) is 20.3. The summed E-state index contributed by atoms with van der Waals surface area (Å²) in [5, 5.41) is 6.68. The minimum Gasteiger partial charge on any atom is -0.367 e. The van der Waals surface area contributed by atoms with Crippen LogP contribution < -0.4 is 15.5 Å². The van der Waals surface area contributed by atoms with Gasteiger partial charge in [-0.3, -0.25) is 4.79 Å². The van der Waals surface area contributed by atoms with Crippen LogP contribution in [-0.4, -0.2) is 42.1 Å². The molecule has 1 aromatic heterocycles. The highest BCUT2D eigenvalue weighted by molar-refractivity contribution is 6.31. The number of aryl methyl sites for hydroxylation is 1. The molecule has 158 valence electrons. The fraction of sp³-hybridized carbons (Fsp3) is 0.450. The van der Waals surface area contributed by atoms with Crippen LogP contribution in [0.5, 0.6) is 0 Å². The van der Waals surface area contributed by atoms with Gasteiger partial charge in [0.1, 0.15) is 23.3 Å². The highest BCUT2D eigenvalue weighted by Gasteiger charge is 2.23. The number of halogens is 3. The summed E-state index contributed by atoms with van der Waals surface area (Å²) >= 11 is 5.83. The molecule has 29 heavy (non-hydrogen) atoms. The molecule has 0 atom stereocenters. The van der Waals surface area contributed by atoms with Gasteiger partial charge in [0, 0.05) is 42.8 Å². The van der Waals surface area contributed by atoms with Crippen molar-refractivity contribution in [1.29, 1.82) is 0 Å². The monoisotopic (exact) mass is 441 g/mol. The van der Waals surface area contributed by atoms with Gasteiger partial charge in [-0.2, -0.15) is 0 Å². The van der Waals surface area contributed by atoms with Gasteiger partial charge in [0.15, 0.2) is 0 Å². The van der Waals surface area contributed by atoms with Gasteiger partial charge in [0.05, 0.1) is 0 Å². The number of nitrogens with one attached hydrogen (secondary N) is 2. The normalized spacial score (nSPS) is 18.5. The summed E-state index contributed by atoms with van der Waals surface area (Å²) in [4.78, 5) is 23.2. The minimum absolute atomic E-state index is 0. The number of benzene rings is 1. The summed E-state index contributed by atoms with van der Waals surface area (Å²) in [6, 6.07) is 6.17. The molecule has 0 spiro atoms. The van der Waals surface area contributed by atoms with E-state index >= 15 is 0 Å². The third-order valence-electron chi connectivity index (χ3n) is 4.82. The quantitative estimate of drug-likeness (QED) is 0.726. The molecule has 1 aliphatic carbocycles. The van der Waals surface area contributed by atoms with Crippen molar-refractivity contribution in [3.63, 3.8) is 0 Å². The van der Waals surface area contributed by atoms with Crippen molar-refractivity contribution in [2.24, 2.45) is 0 Å². The molecule has 0 radical (unpaired) electrons. The third kappa shape index (κ3) is 6.44. The molecule has 1 amide bonds. The molecule has 0 aliphatic heterocycles. The smallest absolute Gasteiger partial charge is 0.251 e. The van der Waals surface area contributed by atoms with Crippen molar-refractivity contribution < 1.29 is 9.18 Å². The Morgan fingerprint density at radius 3 is 2.38 bits per heavy atom. The van der Waals surface area contributed by atoms with Crippen molar-refractivity contribution >= 4 is 41.6 Å². The predicted octanol–water partition coefficient (Wildman–Crippen LogP) is 4.22. The van der Waals surface area contributed by atoms with Crippen LogP contribution in [0.4, 0.5) is 16.0 Å². The second-order valence-corrected chi connectivity index (χ2v) is 7.81. The van der Waals surface area contributed by atoms with Crippen LogP contribution in [0.2, 0.25) is 5.02 Å². The highest BCUT2D eigenvalue weighted by Crippen LogP contribution is 2.24.